The van der Waals surface area contributed by atoms with Crippen LogP contribution in [0.4, 0.5) is 5.69 Å². The second-order valence-corrected chi connectivity index (χ2v) is 6.03. The summed E-state index contributed by atoms with van der Waals surface area (Å²) in [7, 11) is 0.707. The van der Waals surface area contributed by atoms with Gasteiger partial charge in [0.05, 0.1) is 4.92 Å². The Hall–Kier alpha value is -0.890. The summed E-state index contributed by atoms with van der Waals surface area (Å²) in [5.74, 6) is 0. The average molecular weight is 319 g/mol. The van der Waals surface area contributed by atoms with Gasteiger partial charge in [0.1, 0.15) is 9.92 Å². The average Bonchev–Trinajstić information content (AvgIpc) is 2.15. The Labute approximate surface area is 110 Å². The molecule has 0 aliphatic heterocycles. The summed E-state index contributed by atoms with van der Waals surface area (Å²) < 4.78 is 22.2. The minimum absolute atomic E-state index is 0.387. The van der Waals surface area contributed by atoms with Crippen LogP contribution >= 0.6 is 33.9 Å². The lowest BCUT2D eigenvalue weighted by Crippen LogP contribution is -2.01. The standard InChI is InChI=1S/C7H2Cl3NO5S/c8-6-4(11(13)14)1-3(7(9)12)2-5(6)17(10,15)16/h1-2H. The van der Waals surface area contributed by atoms with Crippen molar-refractivity contribution in [2.24, 2.45) is 0 Å². The molecule has 0 unspecified atom stereocenters. The van der Waals surface area contributed by atoms with E-state index in [4.69, 9.17) is 33.9 Å². The summed E-state index contributed by atoms with van der Waals surface area (Å²) >= 11 is 10.6. The maximum Gasteiger partial charge on any atom is 0.290 e. The second kappa shape index (κ2) is 4.77. The molecule has 0 amide bonds. The molecule has 0 atom stereocenters. The molecule has 0 bridgehead atoms. The van der Waals surface area contributed by atoms with Crippen LogP contribution in [0.15, 0.2) is 17.0 Å². The number of hydrogen-bond donors (Lipinski definition) is 0. The van der Waals surface area contributed by atoms with E-state index in [0.29, 0.717) is 0 Å². The Bertz CT molecular complexity index is 612. The first-order valence-electron chi connectivity index (χ1n) is 3.77. The molecule has 1 aromatic carbocycles. The van der Waals surface area contributed by atoms with Crippen molar-refractivity contribution in [2.75, 3.05) is 0 Å². The highest BCUT2D eigenvalue weighted by molar-refractivity contribution is 8.13. The molecule has 17 heavy (non-hydrogen) atoms. The largest absolute Gasteiger partial charge is 0.290 e. The summed E-state index contributed by atoms with van der Waals surface area (Å²) in [6, 6.07) is 1.54. The third-order valence-electron chi connectivity index (χ3n) is 1.71. The molecule has 92 valence electrons. The third-order valence-corrected chi connectivity index (χ3v) is 3.78. The fourth-order valence-corrected chi connectivity index (χ4v) is 2.67. The normalized spacial score (nSPS) is 11.2. The lowest BCUT2D eigenvalue weighted by molar-refractivity contribution is -0.384. The first-order valence-corrected chi connectivity index (χ1v) is 6.83. The smallest absolute Gasteiger partial charge is 0.276 e. The van der Waals surface area contributed by atoms with Gasteiger partial charge >= 0.3 is 0 Å². The van der Waals surface area contributed by atoms with Crippen molar-refractivity contribution in [1.82, 2.24) is 0 Å². The van der Waals surface area contributed by atoms with Crippen molar-refractivity contribution < 1.29 is 18.1 Å². The lowest BCUT2D eigenvalue weighted by atomic mass is 10.2. The number of nitro groups is 1. The van der Waals surface area contributed by atoms with Gasteiger partial charge < -0.3 is 0 Å². The predicted molar refractivity (Wildman–Crippen MR) is 61.3 cm³/mol. The van der Waals surface area contributed by atoms with E-state index in [1.165, 1.54) is 0 Å². The number of benzene rings is 1. The summed E-state index contributed by atoms with van der Waals surface area (Å²) in [4.78, 5) is 19.8. The Balaban J connectivity index is 3.73. The Morgan fingerprint density at radius 1 is 1.35 bits per heavy atom. The van der Waals surface area contributed by atoms with Crippen molar-refractivity contribution >= 4 is 53.9 Å². The van der Waals surface area contributed by atoms with Crippen molar-refractivity contribution in [2.45, 2.75) is 4.90 Å². The van der Waals surface area contributed by atoms with Crippen LogP contribution in [0.1, 0.15) is 10.4 Å². The van der Waals surface area contributed by atoms with Crippen molar-refractivity contribution in [1.29, 1.82) is 0 Å². The van der Waals surface area contributed by atoms with E-state index in [1.807, 2.05) is 0 Å². The van der Waals surface area contributed by atoms with Crippen LogP contribution in [0.3, 0.4) is 0 Å². The molecule has 1 aromatic rings. The van der Waals surface area contributed by atoms with Gasteiger partial charge in [0.2, 0.25) is 0 Å². The summed E-state index contributed by atoms with van der Waals surface area (Å²) in [5, 5.41) is 8.87. The number of rotatable bonds is 3. The number of carbonyl (C=O) groups excluding carboxylic acids is 1. The van der Waals surface area contributed by atoms with Crippen LogP contribution in [0, 0.1) is 10.1 Å². The zero-order valence-electron chi connectivity index (χ0n) is 7.69. The first kappa shape index (κ1) is 14.2. The number of halogens is 3. The highest BCUT2D eigenvalue weighted by Gasteiger charge is 2.26. The minimum atomic E-state index is -4.32. The van der Waals surface area contributed by atoms with E-state index in [0.717, 1.165) is 12.1 Å². The fraction of sp³-hybridized carbons (Fsp3) is 0. The molecule has 6 nitrogen and oxygen atoms in total. The molecule has 0 aliphatic carbocycles. The molecule has 1 rings (SSSR count). The molecule has 0 spiro atoms. The fourth-order valence-electron chi connectivity index (χ4n) is 1.01. The van der Waals surface area contributed by atoms with E-state index in [2.05, 4.69) is 0 Å². The maximum atomic E-state index is 11.1. The molecule has 0 radical (unpaired) electrons. The molecule has 0 heterocycles. The number of nitro benzene ring substituents is 1. The highest BCUT2D eigenvalue weighted by Crippen LogP contribution is 2.34. The molecule has 0 aromatic heterocycles. The van der Waals surface area contributed by atoms with Gasteiger partial charge in [0, 0.05) is 22.3 Å². The van der Waals surface area contributed by atoms with E-state index in [9.17, 15) is 23.3 Å². The second-order valence-electron chi connectivity index (χ2n) is 2.78. The van der Waals surface area contributed by atoms with Gasteiger partial charge in [-0.25, -0.2) is 8.42 Å². The van der Waals surface area contributed by atoms with Crippen molar-refractivity contribution in [3.8, 4) is 0 Å². The molecule has 0 saturated heterocycles. The topological polar surface area (TPSA) is 94.3 Å². The van der Waals surface area contributed by atoms with Crippen LogP contribution < -0.4 is 0 Å². The van der Waals surface area contributed by atoms with Gasteiger partial charge in [0.25, 0.3) is 20.0 Å². The molecule has 0 aliphatic rings. The molecule has 0 saturated carbocycles. The molecule has 0 fully saturated rings. The quantitative estimate of drug-likeness (QED) is 0.485. The van der Waals surface area contributed by atoms with E-state index >= 15 is 0 Å². The van der Waals surface area contributed by atoms with Crippen LogP contribution in [0.5, 0.6) is 0 Å². The van der Waals surface area contributed by atoms with Crippen molar-refractivity contribution in [3.63, 3.8) is 0 Å². The number of hydrogen-bond acceptors (Lipinski definition) is 5. The lowest BCUT2D eigenvalue weighted by Gasteiger charge is -2.03. The monoisotopic (exact) mass is 317 g/mol. The molecular formula is C7H2Cl3NO5S. The first-order chi connectivity index (χ1) is 7.64. The molecule has 10 heteroatoms. The Morgan fingerprint density at radius 3 is 2.24 bits per heavy atom. The summed E-state index contributed by atoms with van der Waals surface area (Å²) in [6.45, 7) is 0. The SMILES string of the molecule is O=C(Cl)c1cc([N+](=O)[O-])c(Cl)c(S(=O)(=O)Cl)c1. The predicted octanol–water partition coefficient (Wildman–Crippen LogP) is 2.55. The van der Waals surface area contributed by atoms with E-state index in [1.54, 1.807) is 0 Å². The third kappa shape index (κ3) is 3.06. The van der Waals surface area contributed by atoms with E-state index < -0.39 is 34.8 Å². The van der Waals surface area contributed by atoms with Gasteiger partial charge in [-0.1, -0.05) is 11.6 Å². The highest BCUT2D eigenvalue weighted by atomic mass is 35.7. The molecular weight excluding hydrogens is 317 g/mol. The minimum Gasteiger partial charge on any atom is -0.276 e. The van der Waals surface area contributed by atoms with Gasteiger partial charge in [-0.05, 0) is 17.7 Å². The van der Waals surface area contributed by atoms with Crippen LogP contribution in [-0.4, -0.2) is 18.6 Å². The van der Waals surface area contributed by atoms with E-state index in [-0.39, 0.29) is 5.56 Å². The number of carbonyl (C=O) groups is 1. The maximum absolute atomic E-state index is 11.1. The van der Waals surface area contributed by atoms with Gasteiger partial charge in [-0.15, -0.1) is 0 Å². The summed E-state index contributed by atoms with van der Waals surface area (Å²) in [6.07, 6.45) is 0. The summed E-state index contributed by atoms with van der Waals surface area (Å²) in [5.41, 5.74) is -1.15. The van der Waals surface area contributed by atoms with Gasteiger partial charge in [-0.3, -0.25) is 14.9 Å². The molecule has 0 N–H and O–H groups in total. The van der Waals surface area contributed by atoms with Gasteiger partial charge in [-0.2, -0.15) is 0 Å². The Morgan fingerprint density at radius 2 is 1.88 bits per heavy atom. The van der Waals surface area contributed by atoms with Crippen LogP contribution in [0.25, 0.3) is 0 Å². The van der Waals surface area contributed by atoms with Crippen molar-refractivity contribution in [3.05, 3.63) is 32.8 Å². The van der Waals surface area contributed by atoms with Crippen LogP contribution in [-0.2, 0) is 9.05 Å². The zero-order valence-corrected chi connectivity index (χ0v) is 10.8. The van der Waals surface area contributed by atoms with Crippen LogP contribution in [0.2, 0.25) is 5.02 Å². The number of nitrogens with zero attached hydrogens (tertiary/aromatic N) is 1. The van der Waals surface area contributed by atoms with Gasteiger partial charge in [0.15, 0.2) is 0 Å². The Kier molecular flexibility index (Phi) is 3.98. The zero-order chi connectivity index (χ0) is 13.4.